The van der Waals surface area contributed by atoms with Gasteiger partial charge in [0.15, 0.2) is 0 Å². The van der Waals surface area contributed by atoms with Crippen LogP contribution in [0.5, 0.6) is 0 Å². The second kappa shape index (κ2) is 7.29. The number of ether oxygens (including phenoxy) is 1. The summed E-state index contributed by atoms with van der Waals surface area (Å²) in [5, 5.41) is 9.60. The maximum absolute atomic E-state index is 13.4. The van der Waals surface area contributed by atoms with E-state index in [9.17, 15) is 9.90 Å². The maximum Gasteiger partial charge on any atom is 0.229 e. The van der Waals surface area contributed by atoms with Crippen molar-refractivity contribution in [2.75, 3.05) is 46.0 Å². The molecule has 5 nitrogen and oxygen atoms in total. The summed E-state index contributed by atoms with van der Waals surface area (Å²) in [7, 11) is 0. The highest BCUT2D eigenvalue weighted by Crippen LogP contribution is 2.71. The van der Waals surface area contributed by atoms with Crippen molar-refractivity contribution in [3.8, 4) is 0 Å². The molecule has 0 aromatic heterocycles. The summed E-state index contributed by atoms with van der Waals surface area (Å²) in [6, 6.07) is 10.5. The van der Waals surface area contributed by atoms with E-state index in [1.807, 2.05) is 6.07 Å². The number of carbonyl (C=O) groups is 1. The molecule has 1 spiro atoms. The molecule has 1 amide bonds. The number of nitrogens with zero attached hydrogens (tertiary/aromatic N) is 2. The molecule has 2 saturated heterocycles. The van der Waals surface area contributed by atoms with Crippen molar-refractivity contribution >= 4 is 5.91 Å². The largest absolute Gasteiger partial charge is 0.396 e. The number of benzene rings is 1. The summed E-state index contributed by atoms with van der Waals surface area (Å²) >= 11 is 0. The highest BCUT2D eigenvalue weighted by atomic mass is 16.5. The smallest absolute Gasteiger partial charge is 0.229 e. The molecule has 1 N–H and O–H groups in total. The zero-order valence-corrected chi connectivity index (χ0v) is 15.5. The fourth-order valence-electron chi connectivity index (χ4n) is 5.16. The molecule has 142 valence electrons. The fourth-order valence-corrected chi connectivity index (χ4v) is 5.16. The first-order valence-electron chi connectivity index (χ1n) is 9.93. The summed E-state index contributed by atoms with van der Waals surface area (Å²) in [5.41, 5.74) is 1.09. The minimum Gasteiger partial charge on any atom is -0.396 e. The number of hydrogen-bond donors (Lipinski definition) is 1. The van der Waals surface area contributed by atoms with E-state index in [0.717, 1.165) is 65.2 Å². The van der Waals surface area contributed by atoms with Crippen LogP contribution in [0.25, 0.3) is 0 Å². The third-order valence-corrected chi connectivity index (χ3v) is 6.84. The van der Waals surface area contributed by atoms with Gasteiger partial charge in [-0.3, -0.25) is 9.69 Å². The zero-order chi connectivity index (χ0) is 18.0. The third kappa shape index (κ3) is 3.17. The van der Waals surface area contributed by atoms with Gasteiger partial charge in [-0.2, -0.15) is 0 Å². The van der Waals surface area contributed by atoms with Gasteiger partial charge in [0.25, 0.3) is 0 Å². The van der Waals surface area contributed by atoms with E-state index in [1.165, 1.54) is 5.56 Å². The van der Waals surface area contributed by atoms with Crippen LogP contribution in [0.3, 0.4) is 0 Å². The quantitative estimate of drug-likeness (QED) is 0.874. The van der Waals surface area contributed by atoms with Crippen LogP contribution in [-0.4, -0.2) is 66.8 Å². The maximum atomic E-state index is 13.4. The Morgan fingerprint density at radius 3 is 2.42 bits per heavy atom. The van der Waals surface area contributed by atoms with Gasteiger partial charge in [-0.15, -0.1) is 0 Å². The van der Waals surface area contributed by atoms with Crippen LogP contribution in [0.2, 0.25) is 0 Å². The van der Waals surface area contributed by atoms with Gasteiger partial charge in [0.2, 0.25) is 5.91 Å². The van der Waals surface area contributed by atoms with Gasteiger partial charge in [-0.25, -0.2) is 0 Å². The lowest BCUT2D eigenvalue weighted by Gasteiger charge is -2.38. The first kappa shape index (κ1) is 18.0. The summed E-state index contributed by atoms with van der Waals surface area (Å²) in [5.74, 6) is 0.285. The second-order valence-electron chi connectivity index (χ2n) is 8.18. The molecule has 1 unspecified atom stereocenters. The fraction of sp³-hybridized carbons (Fsp3) is 0.667. The van der Waals surface area contributed by atoms with Crippen LogP contribution in [0.15, 0.2) is 30.3 Å². The number of piperazine rings is 1. The number of hydrogen-bond acceptors (Lipinski definition) is 4. The summed E-state index contributed by atoms with van der Waals surface area (Å²) < 4.78 is 5.52. The van der Waals surface area contributed by atoms with E-state index in [0.29, 0.717) is 6.42 Å². The lowest BCUT2D eigenvalue weighted by atomic mass is 9.83. The van der Waals surface area contributed by atoms with E-state index >= 15 is 0 Å². The van der Waals surface area contributed by atoms with Crippen molar-refractivity contribution < 1.29 is 14.6 Å². The molecule has 0 bridgehead atoms. The molecular formula is C21H30N2O3. The van der Waals surface area contributed by atoms with Crippen LogP contribution in [-0.2, 0) is 16.1 Å². The molecule has 2 aliphatic heterocycles. The van der Waals surface area contributed by atoms with Crippen molar-refractivity contribution in [2.24, 2.45) is 10.8 Å². The van der Waals surface area contributed by atoms with Crippen LogP contribution >= 0.6 is 0 Å². The molecule has 5 heteroatoms. The van der Waals surface area contributed by atoms with E-state index in [-0.39, 0.29) is 23.3 Å². The number of amides is 1. The summed E-state index contributed by atoms with van der Waals surface area (Å²) in [4.78, 5) is 17.8. The lowest BCUT2D eigenvalue weighted by Crippen LogP contribution is -2.51. The molecule has 1 aromatic carbocycles. The predicted octanol–water partition coefficient (Wildman–Crippen LogP) is 1.90. The van der Waals surface area contributed by atoms with E-state index in [1.54, 1.807) is 0 Å². The molecule has 2 heterocycles. The molecule has 26 heavy (non-hydrogen) atoms. The average molecular weight is 358 g/mol. The Balaban J connectivity index is 1.37. The molecule has 3 aliphatic rings. The highest BCUT2D eigenvalue weighted by molar-refractivity contribution is 5.87. The summed E-state index contributed by atoms with van der Waals surface area (Å²) in [6.07, 6.45) is 3.47. The monoisotopic (exact) mass is 358 g/mol. The molecule has 3 fully saturated rings. The molecule has 1 aromatic rings. The predicted molar refractivity (Wildman–Crippen MR) is 99.5 cm³/mol. The van der Waals surface area contributed by atoms with Gasteiger partial charge in [-0.05, 0) is 36.7 Å². The van der Waals surface area contributed by atoms with Crippen LogP contribution in [0, 0.1) is 10.8 Å². The Bertz CT molecular complexity index is 621. The molecule has 1 saturated carbocycles. The molecule has 1 atom stereocenters. The van der Waals surface area contributed by atoms with E-state index in [4.69, 9.17) is 4.74 Å². The lowest BCUT2D eigenvalue weighted by molar-refractivity contribution is -0.142. The van der Waals surface area contributed by atoms with E-state index in [2.05, 4.69) is 34.1 Å². The normalized spacial score (nSPS) is 28.3. The topological polar surface area (TPSA) is 53.0 Å². The van der Waals surface area contributed by atoms with Crippen molar-refractivity contribution in [1.82, 2.24) is 9.80 Å². The van der Waals surface area contributed by atoms with Gasteiger partial charge in [0, 0.05) is 52.5 Å². The molecule has 1 aliphatic carbocycles. The zero-order valence-electron chi connectivity index (χ0n) is 15.5. The Kier molecular flexibility index (Phi) is 5.04. The van der Waals surface area contributed by atoms with Gasteiger partial charge >= 0.3 is 0 Å². The highest BCUT2D eigenvalue weighted by Gasteiger charge is 2.71. The van der Waals surface area contributed by atoms with Crippen LogP contribution in [0.1, 0.15) is 31.2 Å². The van der Waals surface area contributed by atoms with Gasteiger partial charge < -0.3 is 14.7 Å². The van der Waals surface area contributed by atoms with Crippen molar-refractivity contribution in [1.29, 1.82) is 0 Å². The van der Waals surface area contributed by atoms with Crippen molar-refractivity contribution in [3.05, 3.63) is 35.9 Å². The number of carbonyl (C=O) groups excluding carboxylic acids is 1. The van der Waals surface area contributed by atoms with Crippen molar-refractivity contribution in [2.45, 2.75) is 32.2 Å². The number of aliphatic hydroxyl groups is 1. The first-order chi connectivity index (χ1) is 12.7. The van der Waals surface area contributed by atoms with Crippen LogP contribution in [0.4, 0.5) is 0 Å². The van der Waals surface area contributed by atoms with Gasteiger partial charge in [-0.1, -0.05) is 30.3 Å². The molecular weight excluding hydrogens is 328 g/mol. The Hall–Kier alpha value is -1.43. The third-order valence-electron chi connectivity index (χ3n) is 6.84. The average Bonchev–Trinajstić information content (AvgIpc) is 3.29. The number of rotatable bonds is 5. The van der Waals surface area contributed by atoms with Gasteiger partial charge in [0.1, 0.15) is 0 Å². The minimum atomic E-state index is -0.326. The van der Waals surface area contributed by atoms with E-state index < -0.39 is 0 Å². The summed E-state index contributed by atoms with van der Waals surface area (Å²) in [6.45, 7) is 6.00. The first-order valence-corrected chi connectivity index (χ1v) is 9.93. The minimum absolute atomic E-state index is 0.0895. The van der Waals surface area contributed by atoms with Crippen LogP contribution < -0.4 is 0 Å². The van der Waals surface area contributed by atoms with Gasteiger partial charge in [0.05, 0.1) is 5.41 Å². The van der Waals surface area contributed by atoms with Crippen molar-refractivity contribution in [3.63, 3.8) is 0 Å². The molecule has 0 radical (unpaired) electrons. The standard InChI is InChI=1S/C21H30N2O3/c24-13-6-21(17-20(21)7-14-26-15-8-20)19(25)23-11-9-22(10-12-23)16-18-4-2-1-3-5-18/h1-5,24H,6-17H2. The SMILES string of the molecule is O=C(N1CCN(Cc2ccccc2)CC1)C1(CCO)CC12CCOCC2. The Labute approximate surface area is 155 Å². The molecule has 4 rings (SSSR count). The second-order valence-corrected chi connectivity index (χ2v) is 8.18. The Morgan fingerprint density at radius 2 is 1.77 bits per heavy atom. The Morgan fingerprint density at radius 1 is 1.08 bits per heavy atom. The number of aliphatic hydroxyl groups excluding tert-OH is 1.